The van der Waals surface area contributed by atoms with Crippen LogP contribution in [0.5, 0.6) is 0 Å². The van der Waals surface area contributed by atoms with Crippen LogP contribution in [0.4, 0.5) is 19.4 Å². The third kappa shape index (κ3) is 4.14. The lowest BCUT2D eigenvalue weighted by Gasteiger charge is -2.09. The number of hydrogen-bond donors (Lipinski definition) is 2. The van der Waals surface area contributed by atoms with Gasteiger partial charge in [0.25, 0.3) is 6.43 Å². The Morgan fingerprint density at radius 1 is 1.45 bits per heavy atom. The molecule has 6 nitrogen and oxygen atoms in total. The Balaban J connectivity index is 1.92. The lowest BCUT2D eigenvalue weighted by molar-refractivity contribution is 0.112. The molecule has 0 aliphatic heterocycles. The standard InChI is InChI=1S/C13H13ClF2N4O2/c1-2-7-3-8(14)5-17-12(7)19-13(21)18-6-9-4-10(11(15)16)22-20-9/h3-5,11H,2,6H2,1H3,(H2,17,18,19,21). The van der Waals surface area contributed by atoms with Gasteiger partial charge in [-0.05, 0) is 18.1 Å². The van der Waals surface area contributed by atoms with Crippen LogP contribution < -0.4 is 10.6 Å². The largest absolute Gasteiger partial charge is 0.355 e. The minimum atomic E-state index is -2.74. The number of hydrogen-bond acceptors (Lipinski definition) is 4. The van der Waals surface area contributed by atoms with E-state index < -0.39 is 18.2 Å². The average molecular weight is 331 g/mol. The molecule has 0 spiro atoms. The fraction of sp³-hybridized carbons (Fsp3) is 0.308. The van der Waals surface area contributed by atoms with Gasteiger partial charge in [-0.25, -0.2) is 18.6 Å². The zero-order chi connectivity index (χ0) is 16.1. The van der Waals surface area contributed by atoms with Gasteiger partial charge in [0, 0.05) is 12.3 Å². The number of alkyl halides is 2. The fourth-order valence-electron chi connectivity index (χ4n) is 1.70. The summed E-state index contributed by atoms with van der Waals surface area (Å²) < 4.78 is 29.1. The molecule has 0 unspecified atom stereocenters. The summed E-state index contributed by atoms with van der Waals surface area (Å²) in [4.78, 5) is 15.8. The van der Waals surface area contributed by atoms with Crippen molar-refractivity contribution in [2.45, 2.75) is 26.3 Å². The summed E-state index contributed by atoms with van der Waals surface area (Å²) in [7, 11) is 0. The normalized spacial score (nSPS) is 10.8. The van der Waals surface area contributed by atoms with Crippen molar-refractivity contribution in [1.82, 2.24) is 15.5 Å². The Bertz CT molecular complexity index is 663. The molecule has 2 aromatic heterocycles. The molecule has 2 aromatic rings. The van der Waals surface area contributed by atoms with Crippen LogP contribution in [-0.4, -0.2) is 16.2 Å². The highest BCUT2D eigenvalue weighted by atomic mass is 35.5. The van der Waals surface area contributed by atoms with E-state index in [-0.39, 0.29) is 12.2 Å². The van der Waals surface area contributed by atoms with Crippen LogP contribution in [0.1, 0.15) is 30.4 Å². The van der Waals surface area contributed by atoms with Gasteiger partial charge in [-0.1, -0.05) is 23.7 Å². The molecule has 0 bridgehead atoms. The van der Waals surface area contributed by atoms with E-state index in [4.69, 9.17) is 11.6 Å². The summed E-state index contributed by atoms with van der Waals surface area (Å²) in [6, 6.07) is 2.26. The van der Waals surface area contributed by atoms with Crippen LogP contribution in [0.2, 0.25) is 5.02 Å². The van der Waals surface area contributed by atoms with Crippen molar-refractivity contribution in [3.05, 3.63) is 40.4 Å². The molecule has 2 N–H and O–H groups in total. The Kier molecular flexibility index (Phi) is 5.26. The van der Waals surface area contributed by atoms with Gasteiger partial charge in [-0.3, -0.25) is 5.32 Å². The molecule has 2 heterocycles. The van der Waals surface area contributed by atoms with Crippen molar-refractivity contribution in [3.8, 4) is 0 Å². The lowest BCUT2D eigenvalue weighted by Crippen LogP contribution is -2.29. The van der Waals surface area contributed by atoms with E-state index in [0.29, 0.717) is 17.3 Å². The van der Waals surface area contributed by atoms with Crippen LogP contribution in [0.15, 0.2) is 22.9 Å². The quantitative estimate of drug-likeness (QED) is 0.878. The van der Waals surface area contributed by atoms with Crippen LogP contribution in [0, 0.1) is 0 Å². The van der Waals surface area contributed by atoms with E-state index in [1.54, 1.807) is 6.07 Å². The first-order chi connectivity index (χ1) is 10.5. The Morgan fingerprint density at radius 2 is 2.23 bits per heavy atom. The van der Waals surface area contributed by atoms with Gasteiger partial charge in [0.1, 0.15) is 11.5 Å². The minimum absolute atomic E-state index is 0.0445. The number of nitrogens with one attached hydrogen (secondary N) is 2. The Labute approximate surface area is 129 Å². The molecule has 0 aliphatic rings. The van der Waals surface area contributed by atoms with E-state index in [9.17, 15) is 13.6 Å². The second-order valence-electron chi connectivity index (χ2n) is 4.34. The molecule has 0 saturated carbocycles. The molecule has 22 heavy (non-hydrogen) atoms. The van der Waals surface area contributed by atoms with E-state index in [1.807, 2.05) is 6.92 Å². The third-order valence-electron chi connectivity index (χ3n) is 2.77. The zero-order valence-corrected chi connectivity index (χ0v) is 12.3. The number of urea groups is 1. The summed E-state index contributed by atoms with van der Waals surface area (Å²) >= 11 is 5.83. The molecule has 2 amide bonds. The third-order valence-corrected chi connectivity index (χ3v) is 2.98. The number of pyridine rings is 1. The summed E-state index contributed by atoms with van der Waals surface area (Å²) in [5, 5.41) is 8.95. The van der Waals surface area contributed by atoms with Crippen molar-refractivity contribution in [2.75, 3.05) is 5.32 Å². The summed E-state index contributed by atoms with van der Waals surface area (Å²) in [5.41, 5.74) is 0.981. The molecule has 0 aromatic carbocycles. The van der Waals surface area contributed by atoms with Crippen LogP contribution in [0.3, 0.4) is 0 Å². The van der Waals surface area contributed by atoms with Gasteiger partial charge in [-0.15, -0.1) is 0 Å². The number of rotatable bonds is 5. The Morgan fingerprint density at radius 3 is 2.86 bits per heavy atom. The molecule has 0 atom stereocenters. The first kappa shape index (κ1) is 16.2. The molecular weight excluding hydrogens is 318 g/mol. The number of aromatic nitrogens is 2. The monoisotopic (exact) mass is 330 g/mol. The van der Waals surface area contributed by atoms with Crippen LogP contribution >= 0.6 is 11.6 Å². The molecule has 0 aliphatic carbocycles. The van der Waals surface area contributed by atoms with Gasteiger partial charge in [-0.2, -0.15) is 0 Å². The predicted octanol–water partition coefficient (Wildman–Crippen LogP) is 3.54. The van der Waals surface area contributed by atoms with Crippen molar-refractivity contribution in [1.29, 1.82) is 0 Å². The van der Waals surface area contributed by atoms with Gasteiger partial charge in [0.05, 0.1) is 11.6 Å². The SMILES string of the molecule is CCc1cc(Cl)cnc1NC(=O)NCc1cc(C(F)F)on1. The van der Waals surface area contributed by atoms with Crippen molar-refractivity contribution in [3.63, 3.8) is 0 Å². The van der Waals surface area contributed by atoms with Gasteiger partial charge < -0.3 is 9.84 Å². The second-order valence-corrected chi connectivity index (χ2v) is 4.78. The highest BCUT2D eigenvalue weighted by Crippen LogP contribution is 2.19. The van der Waals surface area contributed by atoms with Crippen molar-refractivity contribution < 1.29 is 18.1 Å². The maximum absolute atomic E-state index is 12.3. The minimum Gasteiger partial charge on any atom is -0.355 e. The molecule has 2 rings (SSSR count). The van der Waals surface area contributed by atoms with Crippen LogP contribution in [-0.2, 0) is 13.0 Å². The first-order valence-corrected chi connectivity index (χ1v) is 6.80. The van der Waals surface area contributed by atoms with Crippen LogP contribution in [0.25, 0.3) is 0 Å². The molecular formula is C13H13ClF2N4O2. The zero-order valence-electron chi connectivity index (χ0n) is 11.6. The van der Waals surface area contributed by atoms with E-state index in [0.717, 1.165) is 11.6 Å². The number of carbonyl (C=O) groups excluding carboxylic acids is 1. The Hall–Kier alpha value is -2.22. The molecule has 9 heteroatoms. The van der Waals surface area contributed by atoms with E-state index in [1.165, 1.54) is 6.20 Å². The predicted molar refractivity (Wildman–Crippen MR) is 75.9 cm³/mol. The number of nitrogens with zero attached hydrogens (tertiary/aromatic N) is 2. The molecule has 0 radical (unpaired) electrons. The van der Waals surface area contributed by atoms with E-state index in [2.05, 4.69) is 25.3 Å². The van der Waals surface area contributed by atoms with Crippen molar-refractivity contribution in [2.24, 2.45) is 0 Å². The summed E-state index contributed by atoms with van der Waals surface area (Å²) in [5.74, 6) is -0.150. The number of anilines is 1. The van der Waals surface area contributed by atoms with Gasteiger partial charge >= 0.3 is 6.03 Å². The number of amides is 2. The highest BCUT2D eigenvalue weighted by Gasteiger charge is 2.15. The average Bonchev–Trinajstić information content (AvgIpc) is 2.96. The number of aryl methyl sites for hydroxylation is 1. The number of carbonyl (C=O) groups is 1. The second kappa shape index (κ2) is 7.17. The van der Waals surface area contributed by atoms with Gasteiger partial charge in [0.15, 0.2) is 0 Å². The van der Waals surface area contributed by atoms with Gasteiger partial charge in [0.2, 0.25) is 5.76 Å². The maximum atomic E-state index is 12.3. The smallest absolute Gasteiger partial charge is 0.320 e. The maximum Gasteiger partial charge on any atom is 0.320 e. The van der Waals surface area contributed by atoms with E-state index >= 15 is 0 Å². The fourth-order valence-corrected chi connectivity index (χ4v) is 1.88. The molecule has 0 saturated heterocycles. The highest BCUT2D eigenvalue weighted by molar-refractivity contribution is 6.30. The first-order valence-electron chi connectivity index (χ1n) is 6.42. The number of halogens is 3. The molecule has 118 valence electrons. The lowest BCUT2D eigenvalue weighted by atomic mass is 10.2. The summed E-state index contributed by atoms with van der Waals surface area (Å²) in [6.45, 7) is 1.86. The molecule has 0 fully saturated rings. The summed E-state index contributed by atoms with van der Waals surface area (Å²) in [6.07, 6.45) is -0.673. The topological polar surface area (TPSA) is 80.0 Å². The van der Waals surface area contributed by atoms with Crippen molar-refractivity contribution >= 4 is 23.4 Å².